The predicted molar refractivity (Wildman–Crippen MR) is 150 cm³/mol. The Labute approximate surface area is 232 Å². The summed E-state index contributed by atoms with van der Waals surface area (Å²) in [5.74, 6) is -0.791. The number of carbonyl (C=O) groups is 2. The van der Waals surface area contributed by atoms with E-state index in [0.29, 0.717) is 5.02 Å². The van der Waals surface area contributed by atoms with Crippen molar-refractivity contribution in [2.24, 2.45) is 0 Å². The first kappa shape index (κ1) is 25.3. The fraction of sp³-hybridized carbons (Fsp3) is 0.161. The van der Waals surface area contributed by atoms with E-state index in [1.54, 1.807) is 30.3 Å². The van der Waals surface area contributed by atoms with Crippen LogP contribution in [-0.4, -0.2) is 20.2 Å². The van der Waals surface area contributed by atoms with Crippen molar-refractivity contribution < 1.29 is 18.0 Å². The summed E-state index contributed by atoms with van der Waals surface area (Å²) in [6.45, 7) is 0.0807. The standard InChI is InChI=1S/C31H25ClN2O4S/c32-23-10-5-7-20(17-23)19-34-27-18-22(30(35)33-26-13-6-9-21-8-1-2-11-24(21)26)15-16-29(27)39(37,38)28-14-4-3-12-25(28)31(34)36/h1-5,7-8,10-12,14-18,26H,6,9,13,19H2,(H,33,35). The minimum absolute atomic E-state index is 0.0256. The van der Waals surface area contributed by atoms with Gasteiger partial charge in [-0.1, -0.05) is 60.1 Å². The van der Waals surface area contributed by atoms with Crippen molar-refractivity contribution in [3.8, 4) is 0 Å². The number of sulfone groups is 1. The Morgan fingerprint density at radius 1 is 0.923 bits per heavy atom. The number of rotatable bonds is 4. The van der Waals surface area contributed by atoms with Crippen molar-refractivity contribution in [1.29, 1.82) is 0 Å². The molecule has 0 bridgehead atoms. The SMILES string of the molecule is O=C(NC1CCCc2ccccc21)c1ccc2c(c1)N(Cc1cccc(Cl)c1)C(=O)c1ccccc1S2(=O)=O. The number of fused-ring (bicyclic) bond motifs is 3. The van der Waals surface area contributed by atoms with E-state index in [1.807, 2.05) is 24.3 Å². The van der Waals surface area contributed by atoms with Gasteiger partial charge in [0.25, 0.3) is 11.8 Å². The van der Waals surface area contributed by atoms with Gasteiger partial charge in [-0.2, -0.15) is 0 Å². The van der Waals surface area contributed by atoms with E-state index in [-0.39, 0.29) is 45.1 Å². The summed E-state index contributed by atoms with van der Waals surface area (Å²) in [5, 5.41) is 3.63. The van der Waals surface area contributed by atoms with Crippen LogP contribution in [-0.2, 0) is 22.8 Å². The zero-order valence-electron chi connectivity index (χ0n) is 20.9. The van der Waals surface area contributed by atoms with Gasteiger partial charge in [0.1, 0.15) is 0 Å². The number of nitrogens with one attached hydrogen (secondary N) is 1. The molecule has 6 nitrogen and oxygen atoms in total. The molecule has 0 radical (unpaired) electrons. The highest BCUT2D eigenvalue weighted by Gasteiger charge is 2.36. The molecule has 2 amide bonds. The maximum absolute atomic E-state index is 13.8. The van der Waals surface area contributed by atoms with Gasteiger partial charge in [0.2, 0.25) is 9.84 Å². The molecule has 1 unspecified atom stereocenters. The van der Waals surface area contributed by atoms with Crippen molar-refractivity contribution in [2.75, 3.05) is 4.90 Å². The van der Waals surface area contributed by atoms with Crippen molar-refractivity contribution in [1.82, 2.24) is 5.32 Å². The maximum atomic E-state index is 13.8. The molecule has 1 N–H and O–H groups in total. The van der Waals surface area contributed by atoms with Gasteiger partial charge in [0.15, 0.2) is 0 Å². The quantitative estimate of drug-likeness (QED) is 0.327. The first-order valence-electron chi connectivity index (χ1n) is 12.8. The minimum Gasteiger partial charge on any atom is -0.345 e. The predicted octanol–water partition coefficient (Wildman–Crippen LogP) is 6.14. The number of hydrogen-bond donors (Lipinski definition) is 1. The molecule has 0 saturated carbocycles. The summed E-state index contributed by atoms with van der Waals surface area (Å²) in [6, 6.07) is 25.6. The highest BCUT2D eigenvalue weighted by atomic mass is 35.5. The van der Waals surface area contributed by atoms with Gasteiger partial charge < -0.3 is 10.2 Å². The second kappa shape index (κ2) is 9.98. The number of anilines is 1. The molecule has 1 atom stereocenters. The Balaban J connectivity index is 1.43. The topological polar surface area (TPSA) is 83.6 Å². The third kappa shape index (κ3) is 4.62. The van der Waals surface area contributed by atoms with Crippen LogP contribution in [0, 0.1) is 0 Å². The molecule has 1 aliphatic carbocycles. The molecule has 0 spiro atoms. The summed E-state index contributed by atoms with van der Waals surface area (Å²) in [4.78, 5) is 28.7. The van der Waals surface area contributed by atoms with Crippen LogP contribution in [0.5, 0.6) is 0 Å². The number of benzene rings is 4. The van der Waals surface area contributed by atoms with E-state index in [2.05, 4.69) is 11.4 Å². The molecule has 1 heterocycles. The first-order chi connectivity index (χ1) is 18.8. The monoisotopic (exact) mass is 556 g/mol. The zero-order chi connectivity index (χ0) is 27.1. The first-order valence-corrected chi connectivity index (χ1v) is 14.6. The summed E-state index contributed by atoms with van der Waals surface area (Å²) in [5.41, 5.74) is 3.57. The van der Waals surface area contributed by atoms with Crippen LogP contribution >= 0.6 is 11.6 Å². The van der Waals surface area contributed by atoms with Crippen LogP contribution in [0.1, 0.15) is 56.3 Å². The van der Waals surface area contributed by atoms with Crippen LogP contribution in [0.3, 0.4) is 0 Å². The average molecular weight is 557 g/mol. The molecule has 0 aromatic heterocycles. The van der Waals surface area contributed by atoms with Gasteiger partial charge in [0, 0.05) is 10.6 Å². The van der Waals surface area contributed by atoms with Crippen molar-refractivity contribution >= 4 is 38.9 Å². The lowest BCUT2D eigenvalue weighted by Gasteiger charge is -2.27. The molecule has 4 aromatic carbocycles. The summed E-state index contributed by atoms with van der Waals surface area (Å²) in [6.07, 6.45) is 2.75. The fourth-order valence-corrected chi connectivity index (χ4v) is 7.31. The van der Waals surface area contributed by atoms with Crippen molar-refractivity contribution in [2.45, 2.75) is 41.6 Å². The van der Waals surface area contributed by atoms with Crippen molar-refractivity contribution in [3.63, 3.8) is 0 Å². The lowest BCUT2D eigenvalue weighted by molar-refractivity contribution is 0.0930. The van der Waals surface area contributed by atoms with Crippen molar-refractivity contribution in [3.05, 3.63) is 124 Å². The number of amides is 2. The van der Waals surface area contributed by atoms with E-state index >= 15 is 0 Å². The highest BCUT2D eigenvalue weighted by Crippen LogP contribution is 2.38. The molecule has 0 saturated heterocycles. The molecule has 1 aliphatic heterocycles. The van der Waals surface area contributed by atoms with Crippen LogP contribution in [0.2, 0.25) is 5.02 Å². The molecule has 196 valence electrons. The smallest absolute Gasteiger partial charge is 0.259 e. The third-order valence-electron chi connectivity index (χ3n) is 7.36. The Morgan fingerprint density at radius 3 is 2.56 bits per heavy atom. The molecule has 2 aliphatic rings. The zero-order valence-corrected chi connectivity index (χ0v) is 22.5. The normalized spacial score (nSPS) is 17.4. The molecule has 6 rings (SSSR count). The molecule has 8 heteroatoms. The summed E-state index contributed by atoms with van der Waals surface area (Å²) >= 11 is 6.20. The number of nitrogens with zero attached hydrogens (tertiary/aromatic N) is 1. The Hall–Kier alpha value is -3.94. The molecule has 4 aromatic rings. The Kier molecular flexibility index (Phi) is 6.49. The Morgan fingerprint density at radius 2 is 1.72 bits per heavy atom. The van der Waals surface area contributed by atoms with Gasteiger partial charge in [0.05, 0.1) is 33.6 Å². The maximum Gasteiger partial charge on any atom is 0.259 e. The van der Waals surface area contributed by atoms with Crippen LogP contribution < -0.4 is 10.2 Å². The number of hydrogen-bond acceptors (Lipinski definition) is 4. The second-order valence-corrected chi connectivity index (χ2v) is 12.1. The number of aryl methyl sites for hydroxylation is 1. The lowest BCUT2D eigenvalue weighted by atomic mass is 9.87. The van der Waals surface area contributed by atoms with Gasteiger partial charge >= 0.3 is 0 Å². The number of halogens is 1. The van der Waals surface area contributed by atoms with E-state index in [9.17, 15) is 18.0 Å². The highest BCUT2D eigenvalue weighted by molar-refractivity contribution is 7.91. The van der Waals surface area contributed by atoms with E-state index in [4.69, 9.17) is 11.6 Å². The van der Waals surface area contributed by atoms with Gasteiger partial charge in [-0.25, -0.2) is 8.42 Å². The van der Waals surface area contributed by atoms with Gasteiger partial charge in [-0.05, 0) is 78.4 Å². The summed E-state index contributed by atoms with van der Waals surface area (Å²) < 4.78 is 27.5. The fourth-order valence-electron chi connectivity index (χ4n) is 5.47. The molecule has 39 heavy (non-hydrogen) atoms. The minimum atomic E-state index is -4.03. The molecule has 0 fully saturated rings. The van der Waals surface area contributed by atoms with Crippen LogP contribution in [0.4, 0.5) is 5.69 Å². The lowest BCUT2D eigenvalue weighted by Crippen LogP contribution is -2.32. The van der Waals surface area contributed by atoms with E-state index < -0.39 is 15.7 Å². The van der Waals surface area contributed by atoms with Crippen LogP contribution in [0.15, 0.2) is 101 Å². The number of carbonyl (C=O) groups excluding carboxylic acids is 2. The van der Waals surface area contributed by atoms with Gasteiger partial charge in [-0.3, -0.25) is 9.59 Å². The van der Waals surface area contributed by atoms with E-state index in [0.717, 1.165) is 30.4 Å². The largest absolute Gasteiger partial charge is 0.345 e. The second-order valence-electron chi connectivity index (χ2n) is 9.82. The molecular weight excluding hydrogens is 532 g/mol. The third-order valence-corrected chi connectivity index (χ3v) is 9.45. The molecular formula is C31H25ClN2O4S. The van der Waals surface area contributed by atoms with Gasteiger partial charge in [-0.15, -0.1) is 0 Å². The average Bonchev–Trinajstić information content (AvgIpc) is 3.01. The van der Waals surface area contributed by atoms with E-state index in [1.165, 1.54) is 40.8 Å². The van der Waals surface area contributed by atoms with Crippen LogP contribution in [0.25, 0.3) is 0 Å². The summed E-state index contributed by atoms with van der Waals surface area (Å²) in [7, 11) is -4.03. The Bertz CT molecular complexity index is 1730.